The molecule has 0 bridgehead atoms. The quantitative estimate of drug-likeness (QED) is 0.234. The van der Waals surface area contributed by atoms with Crippen LogP contribution in [0.5, 0.6) is 0 Å². The monoisotopic (exact) mass is 493 g/mol. The Morgan fingerprint density at radius 1 is 0.324 bits per heavy atom. The van der Waals surface area contributed by atoms with Crippen molar-refractivity contribution in [3.8, 4) is 22.3 Å². The average Bonchev–Trinajstić information content (AvgIpc) is 3.00. The molecule has 0 atom stereocenters. The van der Waals surface area contributed by atoms with Crippen molar-refractivity contribution in [1.29, 1.82) is 0 Å². The van der Waals surface area contributed by atoms with Crippen molar-refractivity contribution < 1.29 is 0 Å². The predicted molar refractivity (Wildman–Crippen MR) is 161 cm³/mol. The van der Waals surface area contributed by atoms with Crippen LogP contribution in [0.1, 0.15) is 0 Å². The molecule has 0 unspecified atom stereocenters. The van der Waals surface area contributed by atoms with Gasteiger partial charge in [-0.3, -0.25) is 0 Å². The van der Waals surface area contributed by atoms with Crippen LogP contribution >= 0.6 is 7.26 Å². The Hall–Kier alpha value is -4.32. The predicted octanol–water partition coefficient (Wildman–Crippen LogP) is 6.77. The van der Waals surface area contributed by atoms with Crippen molar-refractivity contribution >= 4 is 28.5 Å². The van der Waals surface area contributed by atoms with E-state index in [0.29, 0.717) is 0 Å². The summed E-state index contributed by atoms with van der Waals surface area (Å²) >= 11 is 0. The summed E-state index contributed by atoms with van der Waals surface area (Å²) in [6, 6.07) is 55.2. The first-order valence-electron chi connectivity index (χ1n) is 12.6. The van der Waals surface area contributed by atoms with Crippen LogP contribution in [-0.4, -0.2) is 4.98 Å². The fourth-order valence-corrected chi connectivity index (χ4v) is 10.1. The molecule has 0 aliphatic heterocycles. The van der Waals surface area contributed by atoms with Crippen LogP contribution in [0.4, 0.5) is 0 Å². The van der Waals surface area contributed by atoms with Crippen LogP contribution in [0.3, 0.4) is 0 Å². The number of nitrogens with zero attached hydrogens (tertiary/aromatic N) is 1. The topological polar surface area (TPSA) is 12.9 Å². The zero-order chi connectivity index (χ0) is 24.9. The molecule has 0 N–H and O–H groups in total. The van der Waals surface area contributed by atoms with Crippen LogP contribution in [0.15, 0.2) is 164 Å². The van der Waals surface area contributed by atoms with Gasteiger partial charge in [0.2, 0.25) is 0 Å². The summed E-state index contributed by atoms with van der Waals surface area (Å²) in [7, 11) is -2.48. The molecule has 0 amide bonds. The summed E-state index contributed by atoms with van der Waals surface area (Å²) < 4.78 is 0. The van der Waals surface area contributed by atoms with E-state index >= 15 is 0 Å². The van der Waals surface area contributed by atoms with Crippen LogP contribution in [0.25, 0.3) is 22.3 Å². The molecule has 1 aromatic heterocycles. The Morgan fingerprint density at radius 2 is 0.703 bits per heavy atom. The zero-order valence-electron chi connectivity index (χ0n) is 20.5. The molecular formula is C35H28NP. The number of benzene rings is 5. The second kappa shape index (κ2) is 10.3. The Kier molecular flexibility index (Phi) is 6.46. The Bertz CT molecular complexity index is 1470. The second-order valence-electron chi connectivity index (χ2n) is 9.24. The van der Waals surface area contributed by atoms with Gasteiger partial charge < -0.3 is 0 Å². The van der Waals surface area contributed by atoms with Crippen molar-refractivity contribution in [3.63, 3.8) is 0 Å². The van der Waals surface area contributed by atoms with Gasteiger partial charge in [0.1, 0.15) is 0 Å². The maximum absolute atomic E-state index is 4.25. The van der Waals surface area contributed by atoms with Gasteiger partial charge in [0.05, 0.1) is 0 Å². The van der Waals surface area contributed by atoms with E-state index in [1.54, 1.807) is 0 Å². The molecule has 1 heterocycles. The van der Waals surface area contributed by atoms with E-state index in [4.69, 9.17) is 0 Å². The molecule has 0 aliphatic carbocycles. The molecule has 0 saturated carbocycles. The number of aromatic nitrogens is 1. The summed E-state index contributed by atoms with van der Waals surface area (Å²) in [4.78, 5) is 4.25. The van der Waals surface area contributed by atoms with E-state index in [0.717, 1.165) is 5.56 Å². The molecule has 2 heteroatoms. The van der Waals surface area contributed by atoms with Gasteiger partial charge in [-0.05, 0) is 0 Å². The van der Waals surface area contributed by atoms with E-state index < -0.39 is 7.26 Å². The molecule has 1 nitrogen and oxygen atoms in total. The molecule has 0 aliphatic rings. The van der Waals surface area contributed by atoms with Gasteiger partial charge in [0, 0.05) is 0 Å². The van der Waals surface area contributed by atoms with Crippen LogP contribution < -0.4 is 21.2 Å². The second-order valence-corrected chi connectivity index (χ2v) is 13.1. The van der Waals surface area contributed by atoms with Crippen molar-refractivity contribution in [2.24, 2.45) is 0 Å². The number of hydrogen-bond acceptors (Lipinski definition) is 1. The molecule has 0 radical (unpaired) electrons. The van der Waals surface area contributed by atoms with Gasteiger partial charge in [-0.25, -0.2) is 0 Å². The summed E-state index contributed by atoms with van der Waals surface area (Å²) in [5.41, 5.74) is 4.75. The summed E-state index contributed by atoms with van der Waals surface area (Å²) in [5, 5.41) is 5.55. The first-order chi connectivity index (χ1) is 18.4. The van der Waals surface area contributed by atoms with Gasteiger partial charge in [0.15, 0.2) is 0 Å². The van der Waals surface area contributed by atoms with Gasteiger partial charge in [0.25, 0.3) is 0 Å². The van der Waals surface area contributed by atoms with Crippen molar-refractivity contribution in [2.45, 2.75) is 0 Å². The van der Waals surface area contributed by atoms with E-state index in [2.05, 4.69) is 151 Å². The SMILES string of the molecule is c1ccc([PH](c2ccccc2)(c2ccccc2)c2ccc(-c3ccc(-c4cccnc4)cc3)cc2)cc1. The third-order valence-corrected chi connectivity index (χ3v) is 11.9. The van der Waals surface area contributed by atoms with Gasteiger partial charge in [-0.1, -0.05) is 0 Å². The summed E-state index contributed by atoms with van der Waals surface area (Å²) in [6.45, 7) is 0. The first kappa shape index (κ1) is 23.1. The normalized spacial score (nSPS) is 11.7. The molecule has 6 rings (SSSR count). The Morgan fingerprint density at radius 3 is 1.11 bits per heavy atom. The molecule has 0 fully saturated rings. The van der Waals surface area contributed by atoms with E-state index in [1.165, 1.54) is 37.9 Å². The number of hydrogen-bond donors (Lipinski definition) is 0. The summed E-state index contributed by atoms with van der Waals surface area (Å²) in [6.07, 6.45) is 3.72. The minimum absolute atomic E-state index is 1.13. The molecule has 5 aromatic carbocycles. The summed E-state index contributed by atoms with van der Waals surface area (Å²) in [5.74, 6) is 0. The third kappa shape index (κ3) is 4.40. The molecule has 6 aromatic rings. The van der Waals surface area contributed by atoms with Crippen molar-refractivity contribution in [2.75, 3.05) is 0 Å². The average molecular weight is 494 g/mol. The molecule has 0 saturated heterocycles. The first-order valence-corrected chi connectivity index (χ1v) is 14.6. The van der Waals surface area contributed by atoms with Crippen LogP contribution in [0.2, 0.25) is 0 Å². The van der Waals surface area contributed by atoms with E-state index in [9.17, 15) is 0 Å². The van der Waals surface area contributed by atoms with Gasteiger partial charge in [-0.15, -0.1) is 0 Å². The third-order valence-electron chi connectivity index (χ3n) is 7.15. The minimum atomic E-state index is -2.48. The fraction of sp³-hybridized carbons (Fsp3) is 0. The van der Waals surface area contributed by atoms with E-state index in [-0.39, 0.29) is 0 Å². The number of rotatable bonds is 6. The molecule has 178 valence electrons. The van der Waals surface area contributed by atoms with Gasteiger partial charge >= 0.3 is 220 Å². The number of pyridine rings is 1. The Balaban J connectivity index is 1.47. The molecule has 0 spiro atoms. The molecule has 37 heavy (non-hydrogen) atoms. The van der Waals surface area contributed by atoms with E-state index in [1.807, 2.05) is 18.5 Å². The standard InChI is InChI=1S/C35H28NP/c1-4-12-32(13-5-1)37(33-14-6-2-7-15-33,34-16-8-3-9-17-34)35-24-22-29(23-25-35)28-18-20-30(21-19-28)31-11-10-26-36-27-31/h1-27,37H. The molecular weight excluding hydrogens is 465 g/mol. The maximum atomic E-state index is 4.25. The fourth-order valence-electron chi connectivity index (χ4n) is 5.37. The van der Waals surface area contributed by atoms with Crippen LogP contribution in [-0.2, 0) is 0 Å². The van der Waals surface area contributed by atoms with Crippen LogP contribution in [0, 0.1) is 0 Å². The Labute approximate surface area is 219 Å². The van der Waals surface area contributed by atoms with Crippen molar-refractivity contribution in [1.82, 2.24) is 4.98 Å². The van der Waals surface area contributed by atoms with Crippen molar-refractivity contribution in [3.05, 3.63) is 164 Å². The zero-order valence-corrected chi connectivity index (χ0v) is 21.5. The van der Waals surface area contributed by atoms with Gasteiger partial charge in [-0.2, -0.15) is 0 Å².